The van der Waals surface area contributed by atoms with Gasteiger partial charge in [-0.15, -0.1) is 0 Å². The Morgan fingerprint density at radius 2 is 2.30 bits per heavy atom. The summed E-state index contributed by atoms with van der Waals surface area (Å²) in [5.41, 5.74) is 0.460. The van der Waals surface area contributed by atoms with Crippen LogP contribution in [-0.2, 0) is 9.53 Å². The minimum absolute atomic E-state index is 0.299. The van der Waals surface area contributed by atoms with Crippen molar-refractivity contribution in [3.05, 3.63) is 12.2 Å². The summed E-state index contributed by atoms with van der Waals surface area (Å²) in [5.74, 6) is -0.299. The monoisotopic (exact) mass is 141 g/mol. The van der Waals surface area contributed by atoms with Crippen LogP contribution in [0.15, 0.2) is 12.2 Å². The van der Waals surface area contributed by atoms with Crippen LogP contribution in [0, 0.1) is 0 Å². The molecule has 0 bridgehead atoms. The molecule has 0 saturated carbocycles. The van der Waals surface area contributed by atoms with E-state index < -0.39 is 0 Å². The van der Waals surface area contributed by atoms with Gasteiger partial charge in [-0.25, -0.2) is 4.79 Å². The maximum Gasteiger partial charge on any atom is 0.334 e. The van der Waals surface area contributed by atoms with Crippen LogP contribution in [0.5, 0.6) is 0 Å². The van der Waals surface area contributed by atoms with E-state index in [1.807, 2.05) is 4.90 Å². The van der Waals surface area contributed by atoms with Gasteiger partial charge in [-0.2, -0.15) is 0 Å². The lowest BCUT2D eigenvalue weighted by atomic mass is 10.4. The zero-order valence-electron chi connectivity index (χ0n) is 6.09. The normalized spacial score (nSPS) is 16.5. The van der Waals surface area contributed by atoms with Crippen molar-refractivity contribution in [3.63, 3.8) is 0 Å². The molecule has 1 heterocycles. The molecule has 56 valence electrons. The Bertz CT molecular complexity index is 161. The molecule has 0 unspecified atom stereocenters. The van der Waals surface area contributed by atoms with Crippen molar-refractivity contribution in [2.24, 2.45) is 0 Å². The Morgan fingerprint density at radius 3 is 2.70 bits per heavy atom. The van der Waals surface area contributed by atoms with Gasteiger partial charge in [0, 0.05) is 18.7 Å². The molecular formula is C7H11NO2. The van der Waals surface area contributed by atoms with Crippen LogP contribution in [0.4, 0.5) is 0 Å². The number of hydrogen-bond donors (Lipinski definition) is 0. The van der Waals surface area contributed by atoms with Crippen molar-refractivity contribution < 1.29 is 9.53 Å². The molecule has 0 aromatic rings. The van der Waals surface area contributed by atoms with E-state index in [2.05, 4.69) is 6.58 Å². The molecule has 3 nitrogen and oxygen atoms in total. The molecule has 1 fully saturated rings. The fourth-order valence-corrected chi connectivity index (χ4v) is 0.473. The van der Waals surface area contributed by atoms with E-state index in [4.69, 9.17) is 4.74 Å². The molecule has 1 rings (SSSR count). The molecule has 0 amide bonds. The van der Waals surface area contributed by atoms with Gasteiger partial charge in [0.15, 0.2) is 0 Å². The van der Waals surface area contributed by atoms with Crippen LogP contribution in [0.1, 0.15) is 6.92 Å². The first-order valence-corrected chi connectivity index (χ1v) is 3.25. The lowest BCUT2D eigenvalue weighted by Gasteiger charge is -2.02. The van der Waals surface area contributed by atoms with E-state index in [-0.39, 0.29) is 5.97 Å². The van der Waals surface area contributed by atoms with Gasteiger partial charge in [-0.1, -0.05) is 6.58 Å². The highest BCUT2D eigenvalue weighted by Crippen LogP contribution is 2.03. The first kappa shape index (κ1) is 7.28. The Balaban J connectivity index is 2.11. The van der Waals surface area contributed by atoms with Crippen LogP contribution >= 0.6 is 0 Å². The fourth-order valence-electron chi connectivity index (χ4n) is 0.473. The molecule has 0 aromatic carbocycles. The molecule has 0 spiro atoms. The largest absolute Gasteiger partial charge is 0.446 e. The molecule has 1 aliphatic rings. The Morgan fingerprint density at radius 1 is 1.70 bits per heavy atom. The van der Waals surface area contributed by atoms with Crippen molar-refractivity contribution in [2.45, 2.75) is 6.92 Å². The Kier molecular flexibility index (Phi) is 2.06. The van der Waals surface area contributed by atoms with Gasteiger partial charge in [-0.3, -0.25) is 4.90 Å². The van der Waals surface area contributed by atoms with E-state index in [0.717, 1.165) is 13.1 Å². The zero-order valence-corrected chi connectivity index (χ0v) is 6.09. The number of carbonyl (C=O) groups is 1. The van der Waals surface area contributed by atoms with Gasteiger partial charge < -0.3 is 4.74 Å². The molecule has 0 radical (unpaired) electrons. The van der Waals surface area contributed by atoms with Gasteiger partial charge in [0.2, 0.25) is 0 Å². The first-order chi connectivity index (χ1) is 4.70. The number of nitrogens with zero attached hydrogens (tertiary/aromatic N) is 1. The molecule has 1 aliphatic heterocycles. The predicted molar refractivity (Wildman–Crippen MR) is 37.3 cm³/mol. The van der Waals surface area contributed by atoms with Gasteiger partial charge >= 0.3 is 5.97 Å². The highest BCUT2D eigenvalue weighted by Gasteiger charge is 2.18. The first-order valence-electron chi connectivity index (χ1n) is 3.25. The summed E-state index contributed by atoms with van der Waals surface area (Å²) in [4.78, 5) is 12.7. The highest BCUT2D eigenvalue weighted by atomic mass is 16.5. The van der Waals surface area contributed by atoms with Crippen molar-refractivity contribution in [2.75, 3.05) is 19.8 Å². The summed E-state index contributed by atoms with van der Waals surface area (Å²) in [5, 5.41) is 0. The summed E-state index contributed by atoms with van der Waals surface area (Å²) >= 11 is 0. The number of carbonyl (C=O) groups excluding carboxylic acids is 1. The van der Waals surface area contributed by atoms with Crippen LogP contribution in [0.2, 0.25) is 0 Å². The third kappa shape index (κ3) is 2.19. The van der Waals surface area contributed by atoms with Crippen LogP contribution < -0.4 is 0 Å². The number of hydrogen-bond acceptors (Lipinski definition) is 3. The van der Waals surface area contributed by atoms with Crippen molar-refractivity contribution in [1.29, 1.82) is 0 Å². The van der Waals surface area contributed by atoms with Crippen molar-refractivity contribution >= 4 is 5.97 Å². The fraction of sp³-hybridized carbons (Fsp3) is 0.571. The van der Waals surface area contributed by atoms with Crippen molar-refractivity contribution in [1.82, 2.24) is 4.90 Å². The van der Waals surface area contributed by atoms with Gasteiger partial charge in [-0.05, 0) is 6.92 Å². The summed E-state index contributed by atoms with van der Waals surface area (Å²) in [6.45, 7) is 7.62. The molecule has 0 aliphatic carbocycles. The van der Waals surface area contributed by atoms with E-state index in [1.54, 1.807) is 6.92 Å². The molecule has 1 saturated heterocycles. The minimum Gasteiger partial charge on any atom is -0.446 e. The van der Waals surface area contributed by atoms with E-state index in [0.29, 0.717) is 12.3 Å². The topological polar surface area (TPSA) is 29.3 Å². The summed E-state index contributed by atoms with van der Waals surface area (Å²) < 4.78 is 4.81. The second-order valence-corrected chi connectivity index (χ2v) is 2.46. The molecule has 3 heteroatoms. The lowest BCUT2D eigenvalue weighted by molar-refractivity contribution is -0.141. The maximum absolute atomic E-state index is 10.7. The van der Waals surface area contributed by atoms with E-state index in [1.165, 1.54) is 0 Å². The molecule has 0 N–H and O–H groups in total. The smallest absolute Gasteiger partial charge is 0.334 e. The zero-order chi connectivity index (χ0) is 7.56. The van der Waals surface area contributed by atoms with Crippen LogP contribution in [0.3, 0.4) is 0 Å². The maximum atomic E-state index is 10.7. The second kappa shape index (κ2) is 2.84. The number of esters is 1. The average Bonchev–Trinajstić information content (AvgIpc) is 2.64. The van der Waals surface area contributed by atoms with Gasteiger partial charge in [0.25, 0.3) is 0 Å². The highest BCUT2D eigenvalue weighted by molar-refractivity contribution is 5.86. The molecular weight excluding hydrogens is 130 g/mol. The lowest BCUT2D eigenvalue weighted by Crippen LogP contribution is -2.11. The third-order valence-electron chi connectivity index (χ3n) is 1.27. The molecule has 10 heavy (non-hydrogen) atoms. The number of rotatable bonds is 3. The summed E-state index contributed by atoms with van der Waals surface area (Å²) in [6.07, 6.45) is 0. The Hall–Kier alpha value is -0.830. The third-order valence-corrected chi connectivity index (χ3v) is 1.27. The average molecular weight is 141 g/mol. The second-order valence-electron chi connectivity index (χ2n) is 2.46. The standard InChI is InChI=1S/C7H11NO2/c1-6(2)7(9)10-5-8-3-4-8/h1,3-5H2,2H3. The van der Waals surface area contributed by atoms with E-state index >= 15 is 0 Å². The summed E-state index contributed by atoms with van der Waals surface area (Å²) in [6, 6.07) is 0. The SMILES string of the molecule is C=C(C)C(=O)OCN1CC1. The van der Waals surface area contributed by atoms with Gasteiger partial charge in [0.1, 0.15) is 6.73 Å². The van der Waals surface area contributed by atoms with Gasteiger partial charge in [0.05, 0.1) is 0 Å². The molecule has 0 atom stereocenters. The quantitative estimate of drug-likeness (QED) is 0.323. The predicted octanol–water partition coefficient (Wildman–Crippen LogP) is 0.379. The minimum atomic E-state index is -0.299. The summed E-state index contributed by atoms with van der Waals surface area (Å²) in [7, 11) is 0. The van der Waals surface area contributed by atoms with Crippen LogP contribution in [-0.4, -0.2) is 30.7 Å². The van der Waals surface area contributed by atoms with Crippen molar-refractivity contribution in [3.8, 4) is 0 Å². The molecule has 0 aromatic heterocycles. The number of ether oxygens (including phenoxy) is 1. The van der Waals surface area contributed by atoms with E-state index in [9.17, 15) is 4.79 Å². The Labute approximate surface area is 60.3 Å². The van der Waals surface area contributed by atoms with Crippen LogP contribution in [0.25, 0.3) is 0 Å².